The van der Waals surface area contributed by atoms with Crippen molar-refractivity contribution in [2.45, 2.75) is 49.8 Å². The molecule has 0 fully saturated rings. The van der Waals surface area contributed by atoms with Crippen LogP contribution in [-0.2, 0) is 26.2 Å². The van der Waals surface area contributed by atoms with Crippen LogP contribution in [0.15, 0.2) is 155 Å². The van der Waals surface area contributed by atoms with Crippen molar-refractivity contribution in [2.24, 2.45) is 0 Å². The van der Waals surface area contributed by atoms with E-state index in [0.29, 0.717) is 0 Å². The largest absolute Gasteiger partial charge is 0.363 e. The van der Waals surface area contributed by atoms with Crippen molar-refractivity contribution in [3.8, 4) is 11.1 Å². The average Bonchev–Trinajstić information content (AvgIpc) is 3.09. The first kappa shape index (κ1) is 30.3. The predicted octanol–water partition coefficient (Wildman–Crippen LogP) is 11.5. The SMILES string of the molecule is Cc1cc2c(cc1N(Cc1ccccc1)Cc1ccccc1)-c1cc(N(Cc3ccccc3)Cc3ccccc3)c(C)cc1SS2. The van der Waals surface area contributed by atoms with Crippen LogP contribution in [0.4, 0.5) is 11.4 Å². The zero-order valence-electron chi connectivity index (χ0n) is 26.4. The molecule has 0 aliphatic carbocycles. The molecule has 6 aromatic rings. The molecule has 0 bridgehead atoms. The van der Waals surface area contributed by atoms with Gasteiger partial charge in [-0.1, -0.05) is 143 Å². The topological polar surface area (TPSA) is 6.48 Å². The molecule has 0 atom stereocenters. The first-order valence-corrected chi connectivity index (χ1v) is 18.1. The summed E-state index contributed by atoms with van der Waals surface area (Å²) in [5.41, 5.74) is 13.1. The summed E-state index contributed by atoms with van der Waals surface area (Å²) >= 11 is 0. The van der Waals surface area contributed by atoms with Gasteiger partial charge in [0.25, 0.3) is 0 Å². The third kappa shape index (κ3) is 6.89. The van der Waals surface area contributed by atoms with Crippen LogP contribution < -0.4 is 9.80 Å². The second-order valence-corrected chi connectivity index (χ2v) is 14.3. The van der Waals surface area contributed by atoms with E-state index >= 15 is 0 Å². The number of hydrogen-bond acceptors (Lipinski definition) is 4. The highest BCUT2D eigenvalue weighted by Crippen LogP contribution is 2.54. The van der Waals surface area contributed by atoms with Gasteiger partial charge in [0.05, 0.1) is 0 Å². The number of fused-ring (bicyclic) bond motifs is 3. The molecule has 7 rings (SSSR count). The summed E-state index contributed by atoms with van der Waals surface area (Å²) in [6, 6.07) is 53.1. The van der Waals surface area contributed by atoms with E-state index in [2.05, 4.69) is 169 Å². The van der Waals surface area contributed by atoms with Crippen molar-refractivity contribution in [2.75, 3.05) is 9.80 Å². The average molecular weight is 635 g/mol. The fourth-order valence-electron chi connectivity index (χ4n) is 6.34. The Kier molecular flexibility index (Phi) is 9.18. The molecule has 0 unspecified atom stereocenters. The highest BCUT2D eigenvalue weighted by molar-refractivity contribution is 8.76. The lowest BCUT2D eigenvalue weighted by molar-refractivity contribution is 0.794. The van der Waals surface area contributed by atoms with Gasteiger partial charge >= 0.3 is 0 Å². The van der Waals surface area contributed by atoms with Gasteiger partial charge in [0, 0.05) is 47.3 Å². The molecule has 6 aromatic carbocycles. The van der Waals surface area contributed by atoms with Crippen molar-refractivity contribution in [1.29, 1.82) is 0 Å². The summed E-state index contributed by atoms with van der Waals surface area (Å²) in [6.07, 6.45) is 0. The van der Waals surface area contributed by atoms with Crippen molar-refractivity contribution in [3.05, 3.63) is 179 Å². The Morgan fingerprint density at radius 2 is 0.674 bits per heavy atom. The van der Waals surface area contributed by atoms with Gasteiger partial charge in [-0.05, 0) is 82.6 Å². The summed E-state index contributed by atoms with van der Waals surface area (Å²) in [6.45, 7) is 7.94. The maximum atomic E-state index is 2.54. The smallest absolute Gasteiger partial charge is 0.0433 e. The zero-order valence-corrected chi connectivity index (χ0v) is 28.0. The monoisotopic (exact) mass is 634 g/mol. The van der Waals surface area contributed by atoms with E-state index in [0.717, 1.165) is 26.2 Å². The molecule has 228 valence electrons. The molecule has 0 saturated heterocycles. The minimum Gasteiger partial charge on any atom is -0.363 e. The predicted molar refractivity (Wildman–Crippen MR) is 199 cm³/mol. The second-order valence-electron chi connectivity index (χ2n) is 12.1. The minimum atomic E-state index is 0.852. The molecule has 0 radical (unpaired) electrons. The van der Waals surface area contributed by atoms with Crippen molar-refractivity contribution >= 4 is 33.0 Å². The van der Waals surface area contributed by atoms with Crippen molar-refractivity contribution in [3.63, 3.8) is 0 Å². The molecule has 1 heterocycles. The third-order valence-corrected chi connectivity index (χ3v) is 11.1. The number of benzene rings is 6. The van der Waals surface area contributed by atoms with Gasteiger partial charge in [0.1, 0.15) is 0 Å². The first-order valence-electron chi connectivity index (χ1n) is 15.9. The summed E-state index contributed by atoms with van der Waals surface area (Å²) in [5.74, 6) is 0. The lowest BCUT2D eigenvalue weighted by atomic mass is 9.98. The molecule has 0 N–H and O–H groups in total. The lowest BCUT2D eigenvalue weighted by Crippen LogP contribution is -2.23. The van der Waals surface area contributed by atoms with E-state index in [4.69, 9.17) is 0 Å². The van der Waals surface area contributed by atoms with Gasteiger partial charge in [-0.3, -0.25) is 0 Å². The van der Waals surface area contributed by atoms with E-state index in [1.807, 2.05) is 21.6 Å². The summed E-state index contributed by atoms with van der Waals surface area (Å²) in [4.78, 5) is 7.76. The molecule has 0 spiro atoms. The van der Waals surface area contributed by atoms with Gasteiger partial charge in [-0.15, -0.1) is 0 Å². The molecule has 0 saturated carbocycles. The third-order valence-electron chi connectivity index (χ3n) is 8.65. The number of hydrogen-bond donors (Lipinski definition) is 0. The number of rotatable bonds is 10. The van der Waals surface area contributed by atoms with Crippen LogP contribution in [0, 0.1) is 13.8 Å². The molecule has 2 nitrogen and oxygen atoms in total. The summed E-state index contributed by atoms with van der Waals surface area (Å²) < 4.78 is 0. The van der Waals surface area contributed by atoms with Crippen LogP contribution in [0.5, 0.6) is 0 Å². The van der Waals surface area contributed by atoms with E-state index < -0.39 is 0 Å². The number of aryl methyl sites for hydroxylation is 2. The van der Waals surface area contributed by atoms with Crippen LogP contribution in [-0.4, -0.2) is 0 Å². The molecule has 1 aliphatic heterocycles. The molecule has 0 amide bonds. The van der Waals surface area contributed by atoms with Crippen LogP contribution in [0.1, 0.15) is 33.4 Å². The Bertz CT molecular complexity index is 1680. The number of nitrogens with zero attached hydrogens (tertiary/aromatic N) is 2. The highest BCUT2D eigenvalue weighted by atomic mass is 33.1. The quantitative estimate of drug-likeness (QED) is 0.138. The summed E-state index contributed by atoms with van der Waals surface area (Å²) in [7, 11) is 3.77. The Hall–Kier alpha value is -4.38. The van der Waals surface area contributed by atoms with Crippen LogP contribution in [0.3, 0.4) is 0 Å². The second kappa shape index (κ2) is 13.9. The van der Waals surface area contributed by atoms with Crippen LogP contribution >= 0.6 is 21.6 Å². The van der Waals surface area contributed by atoms with Crippen molar-refractivity contribution in [1.82, 2.24) is 0 Å². The normalized spacial score (nSPS) is 11.9. The Labute approximate surface area is 281 Å². The van der Waals surface area contributed by atoms with Crippen molar-refractivity contribution < 1.29 is 0 Å². The minimum absolute atomic E-state index is 0.852. The highest BCUT2D eigenvalue weighted by Gasteiger charge is 2.24. The zero-order chi connectivity index (χ0) is 31.3. The van der Waals surface area contributed by atoms with E-state index in [1.165, 1.54) is 65.7 Å². The molecular weight excluding hydrogens is 597 g/mol. The van der Waals surface area contributed by atoms with E-state index in [9.17, 15) is 0 Å². The Morgan fingerprint density at radius 3 is 0.957 bits per heavy atom. The van der Waals surface area contributed by atoms with E-state index in [-0.39, 0.29) is 0 Å². The molecule has 46 heavy (non-hydrogen) atoms. The fraction of sp³-hybridized carbons (Fsp3) is 0.143. The standard InChI is InChI=1S/C42H38N2S2/c1-31-23-41-37(25-39(31)43(27-33-15-7-3-8-16-33)28-34-17-9-4-10-18-34)38-26-40(32(2)24-42(38)46-45-41)44(29-35-19-11-5-12-20-35)30-36-21-13-6-14-22-36/h3-26H,27-30H2,1-2H3. The molecule has 4 heteroatoms. The van der Waals surface area contributed by atoms with Gasteiger partial charge < -0.3 is 9.80 Å². The molecule has 0 aromatic heterocycles. The van der Waals surface area contributed by atoms with Gasteiger partial charge in [-0.25, -0.2) is 0 Å². The maximum absolute atomic E-state index is 2.54. The molecular formula is C42H38N2S2. The molecule has 1 aliphatic rings. The lowest BCUT2D eigenvalue weighted by Gasteiger charge is -2.31. The first-order chi connectivity index (χ1) is 22.6. The van der Waals surface area contributed by atoms with Gasteiger partial charge in [0.15, 0.2) is 0 Å². The van der Waals surface area contributed by atoms with E-state index in [1.54, 1.807) is 0 Å². The van der Waals surface area contributed by atoms with Gasteiger partial charge in [-0.2, -0.15) is 0 Å². The van der Waals surface area contributed by atoms with Crippen LogP contribution in [0.2, 0.25) is 0 Å². The Morgan fingerprint density at radius 1 is 0.391 bits per heavy atom. The maximum Gasteiger partial charge on any atom is 0.0433 e. The Balaban J connectivity index is 1.31. The van der Waals surface area contributed by atoms with Gasteiger partial charge in [0.2, 0.25) is 0 Å². The fourth-order valence-corrected chi connectivity index (χ4v) is 8.85. The summed E-state index contributed by atoms with van der Waals surface area (Å²) in [5, 5.41) is 0. The number of anilines is 2. The van der Waals surface area contributed by atoms with Crippen LogP contribution in [0.25, 0.3) is 11.1 Å².